The van der Waals surface area contributed by atoms with Crippen molar-refractivity contribution >= 4 is 11.6 Å². The fourth-order valence-electron chi connectivity index (χ4n) is 3.40. The van der Waals surface area contributed by atoms with E-state index in [0.717, 1.165) is 22.4 Å². The van der Waals surface area contributed by atoms with Crippen molar-refractivity contribution in [3.63, 3.8) is 0 Å². The van der Waals surface area contributed by atoms with Crippen molar-refractivity contribution in [1.29, 1.82) is 0 Å². The summed E-state index contributed by atoms with van der Waals surface area (Å²) in [4.78, 5) is 13.1. The topological polar surface area (TPSA) is 49.3 Å². The minimum atomic E-state index is -0.897. The number of fused-ring (bicyclic) bond motifs is 1. The molecule has 0 aliphatic carbocycles. The largest absolute Gasteiger partial charge is 0.508 e. The van der Waals surface area contributed by atoms with Gasteiger partial charge in [-0.3, -0.25) is 4.79 Å². The Hall–Kier alpha value is -3.07. The van der Waals surface area contributed by atoms with Crippen molar-refractivity contribution in [3.05, 3.63) is 95.6 Å². The summed E-state index contributed by atoms with van der Waals surface area (Å²) in [7, 11) is 0. The van der Waals surface area contributed by atoms with Crippen LogP contribution in [0.25, 0.3) is 0 Å². The molecule has 3 aromatic carbocycles. The maximum atomic E-state index is 13.1. The number of para-hydroxylation sites is 1. The van der Waals surface area contributed by atoms with Crippen LogP contribution in [0.3, 0.4) is 0 Å². The van der Waals surface area contributed by atoms with Crippen LogP contribution in [0.4, 0.5) is 5.69 Å². The van der Waals surface area contributed by atoms with Crippen LogP contribution in [-0.2, 0) is 10.2 Å². The zero-order chi connectivity index (χ0) is 15.9. The predicted octanol–water partition coefficient (Wildman–Crippen LogP) is 3.68. The van der Waals surface area contributed by atoms with Gasteiger partial charge in [-0.2, -0.15) is 0 Å². The number of amides is 1. The van der Waals surface area contributed by atoms with Crippen LogP contribution in [0, 0.1) is 0 Å². The summed E-state index contributed by atoms with van der Waals surface area (Å²) < 4.78 is 0. The van der Waals surface area contributed by atoms with Gasteiger partial charge in [0.2, 0.25) is 5.91 Å². The second-order valence-electron chi connectivity index (χ2n) is 5.66. The maximum absolute atomic E-state index is 13.1. The van der Waals surface area contributed by atoms with Crippen LogP contribution in [-0.4, -0.2) is 11.0 Å². The molecule has 1 unspecified atom stereocenters. The lowest BCUT2D eigenvalue weighted by atomic mass is 9.70. The van der Waals surface area contributed by atoms with Gasteiger partial charge in [-0.25, -0.2) is 0 Å². The van der Waals surface area contributed by atoms with Gasteiger partial charge < -0.3 is 10.4 Å². The molecule has 3 aromatic rings. The van der Waals surface area contributed by atoms with Gasteiger partial charge in [0.1, 0.15) is 11.2 Å². The Morgan fingerprint density at radius 3 is 2.09 bits per heavy atom. The Labute approximate surface area is 134 Å². The van der Waals surface area contributed by atoms with Gasteiger partial charge in [0, 0.05) is 11.3 Å². The van der Waals surface area contributed by atoms with Gasteiger partial charge in [0.05, 0.1) is 0 Å². The second-order valence-corrected chi connectivity index (χ2v) is 5.66. The fourth-order valence-corrected chi connectivity index (χ4v) is 3.40. The van der Waals surface area contributed by atoms with Crippen LogP contribution >= 0.6 is 0 Å². The van der Waals surface area contributed by atoms with E-state index >= 15 is 0 Å². The summed E-state index contributed by atoms with van der Waals surface area (Å²) in [6.45, 7) is 0. The van der Waals surface area contributed by atoms with E-state index in [1.54, 1.807) is 12.1 Å². The highest BCUT2D eigenvalue weighted by atomic mass is 16.3. The first-order valence-corrected chi connectivity index (χ1v) is 7.49. The van der Waals surface area contributed by atoms with Gasteiger partial charge in [0.25, 0.3) is 0 Å². The minimum absolute atomic E-state index is 0.0735. The first kappa shape index (κ1) is 13.6. The molecule has 3 nitrogen and oxygen atoms in total. The highest BCUT2D eigenvalue weighted by Gasteiger charge is 2.49. The third kappa shape index (κ3) is 1.87. The SMILES string of the molecule is O=C1Nc2ccccc2C1(c1ccccc1)c1ccc(O)cc1. The number of hydrogen-bond acceptors (Lipinski definition) is 2. The van der Waals surface area contributed by atoms with Crippen LogP contribution < -0.4 is 5.32 Å². The molecule has 0 saturated heterocycles. The van der Waals surface area contributed by atoms with E-state index in [0.29, 0.717) is 0 Å². The lowest BCUT2D eigenvalue weighted by Gasteiger charge is -2.29. The Morgan fingerprint density at radius 2 is 1.35 bits per heavy atom. The third-order valence-corrected chi connectivity index (χ3v) is 4.43. The molecular weight excluding hydrogens is 286 g/mol. The maximum Gasteiger partial charge on any atom is 0.244 e. The molecule has 1 heterocycles. The number of phenols is 1. The highest BCUT2D eigenvalue weighted by molar-refractivity contribution is 6.11. The van der Waals surface area contributed by atoms with Gasteiger partial charge in [-0.1, -0.05) is 60.7 Å². The zero-order valence-electron chi connectivity index (χ0n) is 12.4. The fraction of sp³-hybridized carbons (Fsp3) is 0.0500. The standard InChI is InChI=1S/C20H15NO2/c22-16-12-10-15(11-13-16)20(14-6-2-1-3-7-14)17-8-4-5-9-18(17)21-19(20)23/h1-13,22H,(H,21,23). The number of rotatable bonds is 2. The Bertz CT molecular complexity index is 872. The smallest absolute Gasteiger partial charge is 0.244 e. The van der Waals surface area contributed by atoms with Crippen molar-refractivity contribution in [2.24, 2.45) is 0 Å². The molecule has 1 atom stereocenters. The number of phenolic OH excluding ortho intramolecular Hbond substituents is 1. The first-order valence-electron chi connectivity index (χ1n) is 7.49. The second kappa shape index (κ2) is 4.99. The number of benzene rings is 3. The molecule has 23 heavy (non-hydrogen) atoms. The van der Waals surface area contributed by atoms with Crippen molar-refractivity contribution in [2.75, 3.05) is 5.32 Å². The molecule has 1 amide bonds. The van der Waals surface area contributed by atoms with Crippen LogP contribution in [0.15, 0.2) is 78.9 Å². The normalized spacial score (nSPS) is 19.2. The molecule has 0 spiro atoms. The van der Waals surface area contributed by atoms with Gasteiger partial charge in [0.15, 0.2) is 0 Å². The summed E-state index contributed by atoms with van der Waals surface area (Å²) in [6, 6.07) is 24.4. The number of carbonyl (C=O) groups excluding carboxylic acids is 1. The zero-order valence-corrected chi connectivity index (χ0v) is 12.4. The first-order chi connectivity index (χ1) is 11.2. The lowest BCUT2D eigenvalue weighted by Crippen LogP contribution is -2.36. The van der Waals surface area contributed by atoms with Crippen molar-refractivity contribution < 1.29 is 9.90 Å². The summed E-state index contributed by atoms with van der Waals surface area (Å²) in [5, 5.41) is 12.6. The van der Waals surface area contributed by atoms with E-state index in [9.17, 15) is 9.90 Å². The average Bonchev–Trinajstić information content (AvgIpc) is 2.89. The van der Waals surface area contributed by atoms with Crippen LogP contribution in [0.1, 0.15) is 16.7 Å². The molecule has 1 aliphatic heterocycles. The molecule has 112 valence electrons. The average molecular weight is 301 g/mol. The van der Waals surface area contributed by atoms with Gasteiger partial charge in [-0.15, -0.1) is 0 Å². The molecule has 0 fully saturated rings. The predicted molar refractivity (Wildman–Crippen MR) is 89.5 cm³/mol. The number of nitrogens with one attached hydrogen (secondary N) is 1. The van der Waals surface area contributed by atoms with E-state index in [1.165, 1.54) is 0 Å². The molecular formula is C20H15NO2. The number of hydrogen-bond donors (Lipinski definition) is 2. The summed E-state index contributed by atoms with van der Waals surface area (Å²) in [5.41, 5.74) is 2.61. The highest BCUT2D eigenvalue weighted by Crippen LogP contribution is 2.47. The number of aromatic hydroxyl groups is 1. The monoisotopic (exact) mass is 301 g/mol. The van der Waals surface area contributed by atoms with E-state index in [2.05, 4.69) is 5.32 Å². The molecule has 0 saturated carbocycles. The quantitative estimate of drug-likeness (QED) is 0.758. The van der Waals surface area contributed by atoms with E-state index in [4.69, 9.17) is 0 Å². The molecule has 0 aromatic heterocycles. The van der Waals surface area contributed by atoms with E-state index in [-0.39, 0.29) is 11.7 Å². The molecule has 4 rings (SSSR count). The Kier molecular flexibility index (Phi) is 2.95. The van der Waals surface area contributed by atoms with Crippen LogP contribution in [0.5, 0.6) is 5.75 Å². The van der Waals surface area contributed by atoms with Gasteiger partial charge >= 0.3 is 0 Å². The minimum Gasteiger partial charge on any atom is -0.508 e. The van der Waals surface area contributed by atoms with Gasteiger partial charge in [-0.05, 0) is 29.3 Å². The van der Waals surface area contributed by atoms with Crippen LogP contribution in [0.2, 0.25) is 0 Å². The molecule has 2 N–H and O–H groups in total. The van der Waals surface area contributed by atoms with Crippen molar-refractivity contribution in [2.45, 2.75) is 5.41 Å². The molecule has 0 bridgehead atoms. The van der Waals surface area contributed by atoms with E-state index < -0.39 is 5.41 Å². The number of anilines is 1. The van der Waals surface area contributed by atoms with Crippen molar-refractivity contribution in [3.8, 4) is 5.75 Å². The summed E-state index contributed by atoms with van der Waals surface area (Å²) in [5.74, 6) is 0.110. The summed E-state index contributed by atoms with van der Waals surface area (Å²) in [6.07, 6.45) is 0. The van der Waals surface area contributed by atoms with E-state index in [1.807, 2.05) is 66.7 Å². The molecule has 0 radical (unpaired) electrons. The Morgan fingerprint density at radius 1 is 0.739 bits per heavy atom. The molecule has 1 aliphatic rings. The summed E-state index contributed by atoms with van der Waals surface area (Å²) >= 11 is 0. The number of carbonyl (C=O) groups is 1. The third-order valence-electron chi connectivity index (χ3n) is 4.43. The molecule has 3 heteroatoms. The van der Waals surface area contributed by atoms with Crippen molar-refractivity contribution in [1.82, 2.24) is 0 Å². The lowest BCUT2D eigenvalue weighted by molar-refractivity contribution is -0.118. The Balaban J connectivity index is 2.07.